The van der Waals surface area contributed by atoms with Crippen LogP contribution in [0.3, 0.4) is 0 Å². The van der Waals surface area contributed by atoms with Crippen molar-refractivity contribution in [2.45, 2.75) is 20.5 Å². The van der Waals surface area contributed by atoms with E-state index in [9.17, 15) is 4.79 Å². The lowest BCUT2D eigenvalue weighted by Gasteiger charge is -2.13. The van der Waals surface area contributed by atoms with Crippen LogP contribution < -0.4 is 18.9 Å². The molecule has 0 unspecified atom stereocenters. The third-order valence-corrected chi connectivity index (χ3v) is 4.69. The van der Waals surface area contributed by atoms with E-state index >= 15 is 0 Å². The summed E-state index contributed by atoms with van der Waals surface area (Å²) in [5, 5.41) is 0. The molecule has 0 atom stereocenters. The first kappa shape index (κ1) is 22.9. The molecule has 5 nitrogen and oxygen atoms in total. The normalized spacial score (nSPS) is 10.7. The van der Waals surface area contributed by atoms with Crippen LogP contribution in [0.4, 0.5) is 0 Å². The Kier molecular flexibility index (Phi) is 8.32. The zero-order valence-electron chi connectivity index (χ0n) is 18.7. The van der Waals surface area contributed by atoms with Crippen LogP contribution in [0.15, 0.2) is 72.8 Å². The molecule has 5 heteroatoms. The van der Waals surface area contributed by atoms with E-state index in [0.717, 1.165) is 28.4 Å². The molecule has 0 fully saturated rings. The van der Waals surface area contributed by atoms with Gasteiger partial charge < -0.3 is 18.9 Å². The number of methoxy groups -OCH3 is 1. The molecule has 0 N–H and O–H groups in total. The van der Waals surface area contributed by atoms with Gasteiger partial charge in [0.15, 0.2) is 17.3 Å². The Morgan fingerprint density at radius 2 is 1.53 bits per heavy atom. The first-order valence-electron chi connectivity index (χ1n) is 10.6. The van der Waals surface area contributed by atoms with Crippen LogP contribution >= 0.6 is 0 Å². The molecule has 0 radical (unpaired) electrons. The van der Waals surface area contributed by atoms with E-state index in [1.165, 1.54) is 0 Å². The fourth-order valence-corrected chi connectivity index (χ4v) is 3.14. The minimum absolute atomic E-state index is 0.108. The first-order chi connectivity index (χ1) is 15.6. The second-order valence-corrected chi connectivity index (χ2v) is 6.90. The highest BCUT2D eigenvalue weighted by molar-refractivity contribution is 6.08. The second kappa shape index (κ2) is 11.6. The highest BCUT2D eigenvalue weighted by atomic mass is 16.5. The van der Waals surface area contributed by atoms with Crippen LogP contribution in [-0.4, -0.2) is 26.1 Å². The van der Waals surface area contributed by atoms with Gasteiger partial charge in [-0.3, -0.25) is 4.79 Å². The molecule has 0 aliphatic carbocycles. The molecule has 0 aliphatic rings. The predicted molar refractivity (Wildman–Crippen MR) is 126 cm³/mol. The summed E-state index contributed by atoms with van der Waals surface area (Å²) < 4.78 is 22.4. The molecule has 3 aromatic rings. The fraction of sp³-hybridized carbons (Fsp3) is 0.222. The maximum Gasteiger partial charge on any atom is 0.189 e. The number of rotatable bonds is 11. The van der Waals surface area contributed by atoms with E-state index in [1.54, 1.807) is 31.4 Å². The lowest BCUT2D eigenvalue weighted by atomic mass is 10.1. The van der Waals surface area contributed by atoms with Crippen LogP contribution in [-0.2, 0) is 6.61 Å². The molecule has 3 aromatic carbocycles. The zero-order chi connectivity index (χ0) is 22.8. The van der Waals surface area contributed by atoms with Crippen molar-refractivity contribution < 1.29 is 23.7 Å². The molecular weight excluding hydrogens is 404 g/mol. The summed E-state index contributed by atoms with van der Waals surface area (Å²) in [7, 11) is 1.56. The lowest BCUT2D eigenvalue weighted by Crippen LogP contribution is -2.01. The third kappa shape index (κ3) is 6.14. The fourth-order valence-electron chi connectivity index (χ4n) is 3.14. The third-order valence-electron chi connectivity index (χ3n) is 4.69. The van der Waals surface area contributed by atoms with Crippen LogP contribution in [0.2, 0.25) is 0 Å². The number of allylic oxidation sites excluding steroid dienone is 1. The lowest BCUT2D eigenvalue weighted by molar-refractivity contribution is 0.104. The van der Waals surface area contributed by atoms with Gasteiger partial charge in [-0.2, -0.15) is 0 Å². The number of carbonyl (C=O) groups is 1. The van der Waals surface area contributed by atoms with Gasteiger partial charge in [0.05, 0.1) is 25.9 Å². The number of ketones is 1. The van der Waals surface area contributed by atoms with Gasteiger partial charge in [0.25, 0.3) is 0 Å². The summed E-state index contributed by atoms with van der Waals surface area (Å²) in [4.78, 5) is 12.5. The number of hydrogen-bond donors (Lipinski definition) is 0. The Morgan fingerprint density at radius 3 is 2.25 bits per heavy atom. The van der Waals surface area contributed by atoms with Gasteiger partial charge in [-0.05, 0) is 67.4 Å². The highest BCUT2D eigenvalue weighted by Crippen LogP contribution is 2.29. The minimum Gasteiger partial charge on any atom is -0.496 e. The quantitative estimate of drug-likeness (QED) is 0.276. The topological polar surface area (TPSA) is 54.0 Å². The average Bonchev–Trinajstić information content (AvgIpc) is 2.83. The summed E-state index contributed by atoms with van der Waals surface area (Å²) in [6.45, 7) is 5.45. The van der Waals surface area contributed by atoms with Crippen LogP contribution in [0, 0.1) is 0 Å². The SMILES string of the molecule is CCOc1ccc(COc2ccc(/C=C/C(=O)c3ccccc3OC)cc2)cc1OCC. The molecule has 0 heterocycles. The van der Waals surface area contributed by atoms with Gasteiger partial charge in [-0.25, -0.2) is 0 Å². The van der Waals surface area contributed by atoms with Crippen molar-refractivity contribution in [1.29, 1.82) is 0 Å². The van der Waals surface area contributed by atoms with E-state index in [0.29, 0.717) is 31.1 Å². The largest absolute Gasteiger partial charge is 0.496 e. The van der Waals surface area contributed by atoms with Crippen LogP contribution in [0.25, 0.3) is 6.08 Å². The van der Waals surface area contributed by atoms with Gasteiger partial charge in [-0.15, -0.1) is 0 Å². The maximum absolute atomic E-state index is 12.5. The summed E-state index contributed by atoms with van der Waals surface area (Å²) in [6.07, 6.45) is 3.32. The Morgan fingerprint density at radius 1 is 0.812 bits per heavy atom. The van der Waals surface area contributed by atoms with Gasteiger partial charge in [0.1, 0.15) is 18.1 Å². The van der Waals surface area contributed by atoms with Crippen LogP contribution in [0.5, 0.6) is 23.0 Å². The molecule has 0 aromatic heterocycles. The van der Waals surface area contributed by atoms with E-state index in [-0.39, 0.29) is 5.78 Å². The predicted octanol–water partition coefficient (Wildman–Crippen LogP) is 5.97. The first-order valence-corrected chi connectivity index (χ1v) is 10.6. The Labute approximate surface area is 189 Å². The van der Waals surface area contributed by atoms with E-state index in [4.69, 9.17) is 18.9 Å². The van der Waals surface area contributed by atoms with Gasteiger partial charge >= 0.3 is 0 Å². The van der Waals surface area contributed by atoms with Crippen molar-refractivity contribution in [3.8, 4) is 23.0 Å². The molecule has 32 heavy (non-hydrogen) atoms. The Balaban J connectivity index is 1.61. The molecule has 0 amide bonds. The standard InChI is InChI=1S/C27H28O5/c1-4-30-26-17-13-21(18-27(26)31-5-2)19-32-22-14-10-20(11-15-22)12-16-24(28)23-8-6-7-9-25(23)29-3/h6-18H,4-5,19H2,1-3H3/b16-12+. The molecule has 0 saturated heterocycles. The van der Waals surface area contributed by atoms with Gasteiger partial charge in [0.2, 0.25) is 0 Å². The van der Waals surface area contributed by atoms with E-state index in [1.807, 2.05) is 68.4 Å². The molecule has 0 spiro atoms. The molecule has 3 rings (SSSR count). The van der Waals surface area contributed by atoms with Crippen molar-refractivity contribution in [3.63, 3.8) is 0 Å². The van der Waals surface area contributed by atoms with Gasteiger partial charge in [-0.1, -0.05) is 36.4 Å². The summed E-state index contributed by atoms with van der Waals surface area (Å²) in [6, 6.07) is 20.6. The molecule has 166 valence electrons. The second-order valence-electron chi connectivity index (χ2n) is 6.90. The molecular formula is C27H28O5. The van der Waals surface area contributed by atoms with Gasteiger partial charge in [0, 0.05) is 0 Å². The van der Waals surface area contributed by atoms with E-state index < -0.39 is 0 Å². The molecule has 0 bridgehead atoms. The minimum atomic E-state index is -0.108. The van der Waals surface area contributed by atoms with Crippen molar-refractivity contribution >= 4 is 11.9 Å². The van der Waals surface area contributed by atoms with Crippen molar-refractivity contribution in [3.05, 3.63) is 89.5 Å². The summed E-state index contributed by atoms with van der Waals surface area (Å²) in [5.41, 5.74) is 2.43. The zero-order valence-corrected chi connectivity index (χ0v) is 18.7. The van der Waals surface area contributed by atoms with Crippen molar-refractivity contribution in [2.75, 3.05) is 20.3 Å². The smallest absolute Gasteiger partial charge is 0.189 e. The Hall–Kier alpha value is -3.73. The summed E-state index contributed by atoms with van der Waals surface area (Å²) >= 11 is 0. The monoisotopic (exact) mass is 432 g/mol. The van der Waals surface area contributed by atoms with E-state index in [2.05, 4.69) is 0 Å². The molecule has 0 aliphatic heterocycles. The number of hydrogen-bond acceptors (Lipinski definition) is 5. The van der Waals surface area contributed by atoms with Crippen molar-refractivity contribution in [2.24, 2.45) is 0 Å². The molecule has 0 saturated carbocycles. The Bertz CT molecular complexity index is 1050. The number of benzene rings is 3. The van der Waals surface area contributed by atoms with Crippen molar-refractivity contribution in [1.82, 2.24) is 0 Å². The number of para-hydroxylation sites is 1. The van der Waals surface area contributed by atoms with Crippen LogP contribution in [0.1, 0.15) is 35.3 Å². The maximum atomic E-state index is 12.5. The average molecular weight is 433 g/mol. The summed E-state index contributed by atoms with van der Waals surface area (Å²) in [5.74, 6) is 2.65. The number of ether oxygens (including phenoxy) is 4. The highest BCUT2D eigenvalue weighted by Gasteiger charge is 2.09. The number of carbonyl (C=O) groups excluding carboxylic acids is 1.